The lowest BCUT2D eigenvalue weighted by molar-refractivity contribution is 0.223. The molecule has 0 aliphatic heterocycles. The van der Waals surface area contributed by atoms with E-state index in [9.17, 15) is 5.11 Å². The van der Waals surface area contributed by atoms with Gasteiger partial charge >= 0.3 is 0 Å². The summed E-state index contributed by atoms with van der Waals surface area (Å²) < 4.78 is 0.681. The standard InChI is InChI=1S/C10H7BrClNOS/c11-10-9(15-5-13-10)8(14)6-2-1-3-7(12)4-6/h1-5,8,14H. The second kappa shape index (κ2) is 4.61. The molecule has 0 amide bonds. The Bertz CT molecular complexity index is 474. The first-order valence-electron chi connectivity index (χ1n) is 4.21. The number of hydrogen-bond donors (Lipinski definition) is 1. The summed E-state index contributed by atoms with van der Waals surface area (Å²) in [5.74, 6) is 0. The Labute approximate surface area is 105 Å². The SMILES string of the molecule is OC(c1cccc(Cl)c1)c1scnc1Br. The molecule has 1 N–H and O–H groups in total. The molecule has 2 aromatic rings. The summed E-state index contributed by atoms with van der Waals surface area (Å²) in [6.45, 7) is 0. The average Bonchev–Trinajstić information content (AvgIpc) is 2.63. The largest absolute Gasteiger partial charge is 0.383 e. The minimum atomic E-state index is -0.675. The van der Waals surface area contributed by atoms with Crippen LogP contribution in [0.15, 0.2) is 34.4 Å². The van der Waals surface area contributed by atoms with Crippen molar-refractivity contribution in [2.24, 2.45) is 0 Å². The first-order chi connectivity index (χ1) is 7.18. The maximum atomic E-state index is 10.1. The maximum Gasteiger partial charge on any atom is 0.123 e. The van der Waals surface area contributed by atoms with Crippen molar-refractivity contribution in [3.8, 4) is 0 Å². The zero-order chi connectivity index (χ0) is 10.8. The van der Waals surface area contributed by atoms with Gasteiger partial charge in [0.05, 0.1) is 10.4 Å². The average molecular weight is 305 g/mol. The van der Waals surface area contributed by atoms with Crippen molar-refractivity contribution < 1.29 is 5.11 Å². The Morgan fingerprint density at radius 3 is 2.87 bits per heavy atom. The molecule has 0 spiro atoms. The van der Waals surface area contributed by atoms with Crippen LogP contribution < -0.4 is 0 Å². The molecule has 0 aliphatic rings. The van der Waals surface area contributed by atoms with E-state index in [2.05, 4.69) is 20.9 Å². The molecule has 1 unspecified atom stereocenters. The highest BCUT2D eigenvalue weighted by molar-refractivity contribution is 9.10. The molecule has 5 heteroatoms. The fourth-order valence-corrected chi connectivity index (χ4v) is 2.87. The second-order valence-electron chi connectivity index (χ2n) is 2.96. The highest BCUT2D eigenvalue weighted by atomic mass is 79.9. The maximum absolute atomic E-state index is 10.1. The van der Waals surface area contributed by atoms with Crippen molar-refractivity contribution in [1.29, 1.82) is 0 Å². The van der Waals surface area contributed by atoms with Crippen molar-refractivity contribution in [3.63, 3.8) is 0 Å². The molecule has 0 aliphatic carbocycles. The molecule has 1 aromatic carbocycles. The van der Waals surface area contributed by atoms with Gasteiger partial charge in [0.15, 0.2) is 0 Å². The fraction of sp³-hybridized carbons (Fsp3) is 0.100. The van der Waals surface area contributed by atoms with Crippen LogP contribution in [0, 0.1) is 0 Å². The van der Waals surface area contributed by atoms with Crippen LogP contribution in [0.1, 0.15) is 16.5 Å². The molecular formula is C10H7BrClNOS. The van der Waals surface area contributed by atoms with Gasteiger partial charge in [-0.05, 0) is 33.6 Å². The van der Waals surface area contributed by atoms with Crippen LogP contribution >= 0.6 is 38.9 Å². The molecule has 2 nitrogen and oxygen atoms in total. The Hall–Kier alpha value is -0.420. The van der Waals surface area contributed by atoms with Gasteiger partial charge in [-0.15, -0.1) is 11.3 Å². The minimum Gasteiger partial charge on any atom is -0.383 e. The molecule has 15 heavy (non-hydrogen) atoms. The van der Waals surface area contributed by atoms with Crippen LogP contribution in [-0.2, 0) is 0 Å². The highest BCUT2D eigenvalue weighted by Gasteiger charge is 2.16. The fourth-order valence-electron chi connectivity index (χ4n) is 1.25. The van der Waals surface area contributed by atoms with E-state index < -0.39 is 6.10 Å². The highest BCUT2D eigenvalue weighted by Crippen LogP contribution is 2.31. The molecule has 0 saturated carbocycles. The van der Waals surface area contributed by atoms with Crippen molar-refractivity contribution in [2.75, 3.05) is 0 Å². The normalized spacial score (nSPS) is 12.7. The Kier molecular flexibility index (Phi) is 3.41. The lowest BCUT2D eigenvalue weighted by Crippen LogP contribution is -1.97. The molecule has 78 valence electrons. The number of aromatic nitrogens is 1. The zero-order valence-electron chi connectivity index (χ0n) is 7.52. The third-order valence-electron chi connectivity index (χ3n) is 1.96. The van der Waals surface area contributed by atoms with Crippen molar-refractivity contribution in [1.82, 2.24) is 4.98 Å². The van der Waals surface area contributed by atoms with Gasteiger partial charge in [-0.2, -0.15) is 0 Å². The van der Waals surface area contributed by atoms with Gasteiger partial charge in [0.25, 0.3) is 0 Å². The van der Waals surface area contributed by atoms with Crippen LogP contribution in [0.5, 0.6) is 0 Å². The minimum absolute atomic E-state index is 0.618. The van der Waals surface area contributed by atoms with E-state index in [0.29, 0.717) is 9.63 Å². The summed E-state index contributed by atoms with van der Waals surface area (Å²) in [5.41, 5.74) is 2.46. The van der Waals surface area contributed by atoms with Gasteiger partial charge in [0, 0.05) is 5.02 Å². The Morgan fingerprint density at radius 1 is 1.47 bits per heavy atom. The van der Waals surface area contributed by atoms with E-state index >= 15 is 0 Å². The van der Waals surface area contributed by atoms with Crippen LogP contribution in [0.4, 0.5) is 0 Å². The molecule has 0 fully saturated rings. The Morgan fingerprint density at radius 2 is 2.27 bits per heavy atom. The van der Waals surface area contributed by atoms with Gasteiger partial charge in [0.1, 0.15) is 10.7 Å². The summed E-state index contributed by atoms with van der Waals surface area (Å²) in [7, 11) is 0. The zero-order valence-corrected chi connectivity index (χ0v) is 10.7. The monoisotopic (exact) mass is 303 g/mol. The summed E-state index contributed by atoms with van der Waals surface area (Å²) in [4.78, 5) is 4.82. The predicted molar refractivity (Wildman–Crippen MR) is 65.3 cm³/mol. The van der Waals surface area contributed by atoms with Gasteiger partial charge in [-0.1, -0.05) is 23.7 Å². The molecule has 2 rings (SSSR count). The number of halogens is 2. The van der Waals surface area contributed by atoms with Gasteiger partial charge in [-0.25, -0.2) is 4.98 Å². The quantitative estimate of drug-likeness (QED) is 0.919. The summed E-state index contributed by atoms with van der Waals surface area (Å²) in [6.07, 6.45) is -0.675. The summed E-state index contributed by atoms with van der Waals surface area (Å²) >= 11 is 10.6. The van der Waals surface area contributed by atoms with E-state index in [4.69, 9.17) is 11.6 Å². The first-order valence-corrected chi connectivity index (χ1v) is 6.26. The number of aliphatic hydroxyl groups is 1. The summed E-state index contributed by atoms with van der Waals surface area (Å²) in [6, 6.07) is 7.18. The molecule has 1 atom stereocenters. The van der Waals surface area contributed by atoms with E-state index in [-0.39, 0.29) is 0 Å². The molecular weight excluding hydrogens is 298 g/mol. The number of thiazole rings is 1. The first kappa shape index (κ1) is 11.1. The number of rotatable bonds is 2. The second-order valence-corrected chi connectivity index (χ2v) is 5.04. The number of aliphatic hydroxyl groups excluding tert-OH is 1. The predicted octanol–water partition coefficient (Wildman–Crippen LogP) is 3.64. The van der Waals surface area contributed by atoms with Crippen molar-refractivity contribution in [2.45, 2.75) is 6.10 Å². The van der Waals surface area contributed by atoms with Crippen molar-refractivity contribution in [3.05, 3.63) is 49.8 Å². The number of nitrogens with zero attached hydrogens (tertiary/aromatic N) is 1. The lowest BCUT2D eigenvalue weighted by atomic mass is 10.1. The van der Waals surface area contributed by atoms with Gasteiger partial charge in [-0.3, -0.25) is 0 Å². The van der Waals surface area contributed by atoms with E-state index in [1.165, 1.54) is 11.3 Å². The molecule has 0 saturated heterocycles. The lowest BCUT2D eigenvalue weighted by Gasteiger charge is -2.09. The van der Waals surface area contributed by atoms with E-state index in [1.807, 2.05) is 12.1 Å². The van der Waals surface area contributed by atoms with Crippen LogP contribution in [-0.4, -0.2) is 10.1 Å². The molecule has 0 bridgehead atoms. The van der Waals surface area contributed by atoms with Gasteiger partial charge < -0.3 is 5.11 Å². The topological polar surface area (TPSA) is 33.1 Å². The number of benzene rings is 1. The summed E-state index contributed by atoms with van der Waals surface area (Å²) in [5, 5.41) is 10.7. The number of hydrogen-bond acceptors (Lipinski definition) is 3. The van der Waals surface area contributed by atoms with Crippen LogP contribution in [0.25, 0.3) is 0 Å². The molecule has 1 heterocycles. The van der Waals surface area contributed by atoms with Gasteiger partial charge in [0.2, 0.25) is 0 Å². The van der Waals surface area contributed by atoms with Crippen LogP contribution in [0.3, 0.4) is 0 Å². The van der Waals surface area contributed by atoms with E-state index in [0.717, 1.165) is 10.4 Å². The smallest absolute Gasteiger partial charge is 0.123 e. The third kappa shape index (κ3) is 2.39. The van der Waals surface area contributed by atoms with Crippen LogP contribution in [0.2, 0.25) is 5.02 Å². The van der Waals surface area contributed by atoms with Crippen molar-refractivity contribution >= 4 is 38.9 Å². The molecule has 1 aromatic heterocycles. The molecule has 0 radical (unpaired) electrons. The Balaban J connectivity index is 2.36. The third-order valence-corrected chi connectivity index (χ3v) is 3.97. The van der Waals surface area contributed by atoms with E-state index in [1.54, 1.807) is 17.6 Å².